The molecule has 3 heterocycles. The van der Waals surface area contributed by atoms with Gasteiger partial charge in [0.05, 0.1) is 18.6 Å². The maximum atomic E-state index is 12.3. The van der Waals surface area contributed by atoms with Crippen molar-refractivity contribution in [1.82, 2.24) is 29.0 Å². The van der Waals surface area contributed by atoms with Crippen molar-refractivity contribution in [2.75, 3.05) is 0 Å². The van der Waals surface area contributed by atoms with Crippen LogP contribution in [-0.2, 0) is 32.0 Å². The Balaban J connectivity index is 1.81. The zero-order valence-corrected chi connectivity index (χ0v) is 14.2. The fourth-order valence-corrected chi connectivity index (χ4v) is 2.52. The first-order valence-electron chi connectivity index (χ1n) is 7.67. The monoisotopic (exact) mass is 342 g/mol. The summed E-state index contributed by atoms with van der Waals surface area (Å²) in [6.07, 6.45) is 3.12. The Morgan fingerprint density at radius 3 is 2.60 bits per heavy atom. The second-order valence-electron chi connectivity index (χ2n) is 5.85. The summed E-state index contributed by atoms with van der Waals surface area (Å²) < 4.78 is 3.71. The zero-order valence-electron chi connectivity index (χ0n) is 14.2. The van der Waals surface area contributed by atoms with Crippen LogP contribution in [0.4, 0.5) is 0 Å². The third-order valence-electron chi connectivity index (χ3n) is 3.97. The average molecular weight is 342 g/mol. The fraction of sp³-hybridized carbons (Fsp3) is 0.312. The van der Waals surface area contributed by atoms with E-state index in [0.29, 0.717) is 6.54 Å². The predicted octanol–water partition coefficient (Wildman–Crippen LogP) is -0.546. The number of fused-ring (bicyclic) bond motifs is 1. The third-order valence-corrected chi connectivity index (χ3v) is 3.97. The van der Waals surface area contributed by atoms with E-state index >= 15 is 0 Å². The SMILES string of the molecule is Cc1ccc(CNC(=O)Cn2cnc3c2c(=O)n(C)c(=O)n3C)nc1. The summed E-state index contributed by atoms with van der Waals surface area (Å²) in [4.78, 5) is 44.7. The zero-order chi connectivity index (χ0) is 18.1. The first-order valence-corrected chi connectivity index (χ1v) is 7.67. The Morgan fingerprint density at radius 2 is 1.92 bits per heavy atom. The molecule has 0 atom stereocenters. The van der Waals surface area contributed by atoms with Gasteiger partial charge in [-0.2, -0.15) is 0 Å². The molecule has 3 aromatic rings. The summed E-state index contributed by atoms with van der Waals surface area (Å²) in [6, 6.07) is 3.76. The molecule has 0 aromatic carbocycles. The highest BCUT2D eigenvalue weighted by Crippen LogP contribution is 2.05. The van der Waals surface area contributed by atoms with Crippen LogP contribution in [0.5, 0.6) is 0 Å². The minimum atomic E-state index is -0.483. The van der Waals surface area contributed by atoms with E-state index in [-0.39, 0.29) is 23.6 Å². The number of nitrogens with zero attached hydrogens (tertiary/aromatic N) is 5. The average Bonchev–Trinajstić information content (AvgIpc) is 3.01. The fourth-order valence-electron chi connectivity index (χ4n) is 2.52. The smallest absolute Gasteiger partial charge is 0.332 e. The molecule has 130 valence electrons. The summed E-state index contributed by atoms with van der Waals surface area (Å²) in [6.45, 7) is 2.16. The number of hydrogen-bond acceptors (Lipinski definition) is 5. The second kappa shape index (κ2) is 6.34. The highest BCUT2D eigenvalue weighted by Gasteiger charge is 2.15. The molecule has 1 N–H and O–H groups in total. The summed E-state index contributed by atoms with van der Waals surface area (Å²) in [5.41, 5.74) is 1.31. The summed E-state index contributed by atoms with van der Waals surface area (Å²) in [5.74, 6) is -0.280. The number of aromatic nitrogens is 5. The molecule has 0 aliphatic carbocycles. The Labute approximate surface area is 142 Å². The van der Waals surface area contributed by atoms with E-state index in [0.717, 1.165) is 15.8 Å². The number of amides is 1. The van der Waals surface area contributed by atoms with Gasteiger partial charge in [-0.3, -0.25) is 23.7 Å². The van der Waals surface area contributed by atoms with E-state index < -0.39 is 11.2 Å². The van der Waals surface area contributed by atoms with Crippen molar-refractivity contribution in [1.29, 1.82) is 0 Å². The largest absolute Gasteiger partial charge is 0.349 e. The van der Waals surface area contributed by atoms with Gasteiger partial charge in [0, 0.05) is 20.3 Å². The van der Waals surface area contributed by atoms with Crippen LogP contribution in [0.25, 0.3) is 11.2 Å². The van der Waals surface area contributed by atoms with Crippen molar-refractivity contribution in [2.45, 2.75) is 20.0 Å². The Morgan fingerprint density at radius 1 is 1.16 bits per heavy atom. The van der Waals surface area contributed by atoms with E-state index in [1.807, 2.05) is 19.1 Å². The van der Waals surface area contributed by atoms with Crippen molar-refractivity contribution >= 4 is 17.1 Å². The Hall–Kier alpha value is -3.23. The number of carbonyl (C=O) groups is 1. The van der Waals surface area contributed by atoms with E-state index in [9.17, 15) is 14.4 Å². The van der Waals surface area contributed by atoms with E-state index in [1.165, 1.54) is 29.6 Å². The van der Waals surface area contributed by atoms with Crippen LogP contribution >= 0.6 is 0 Å². The molecule has 25 heavy (non-hydrogen) atoms. The summed E-state index contributed by atoms with van der Waals surface area (Å²) >= 11 is 0. The molecule has 0 aliphatic heterocycles. The van der Waals surface area contributed by atoms with Gasteiger partial charge in [-0.1, -0.05) is 6.07 Å². The van der Waals surface area contributed by atoms with Gasteiger partial charge < -0.3 is 9.88 Å². The van der Waals surface area contributed by atoms with Crippen LogP contribution in [0.1, 0.15) is 11.3 Å². The lowest BCUT2D eigenvalue weighted by Gasteiger charge is -2.08. The molecule has 0 saturated carbocycles. The lowest BCUT2D eigenvalue weighted by molar-refractivity contribution is -0.121. The molecule has 9 heteroatoms. The van der Waals surface area contributed by atoms with Crippen molar-refractivity contribution < 1.29 is 4.79 Å². The van der Waals surface area contributed by atoms with E-state index in [1.54, 1.807) is 6.20 Å². The second-order valence-corrected chi connectivity index (χ2v) is 5.85. The van der Waals surface area contributed by atoms with Gasteiger partial charge in [-0.15, -0.1) is 0 Å². The third kappa shape index (κ3) is 3.08. The normalized spacial score (nSPS) is 11.0. The molecule has 0 saturated heterocycles. The molecule has 3 aromatic heterocycles. The number of aryl methyl sites for hydroxylation is 2. The van der Waals surface area contributed by atoms with Gasteiger partial charge in [0.1, 0.15) is 6.54 Å². The standard InChI is InChI=1S/C16H18N6O3/c1-10-4-5-11(17-6-10)7-18-12(23)8-22-9-19-14-13(22)15(24)21(3)16(25)20(14)2/h4-6,9H,7-8H2,1-3H3,(H,18,23). The number of rotatable bonds is 4. The molecular weight excluding hydrogens is 324 g/mol. The Kier molecular flexibility index (Phi) is 4.22. The van der Waals surface area contributed by atoms with Crippen LogP contribution in [0.3, 0.4) is 0 Å². The number of nitrogens with one attached hydrogen (secondary N) is 1. The van der Waals surface area contributed by atoms with Gasteiger partial charge in [-0.25, -0.2) is 9.78 Å². The summed E-state index contributed by atoms with van der Waals surface area (Å²) in [5, 5.41) is 2.75. The number of imidazole rings is 1. The quantitative estimate of drug-likeness (QED) is 0.685. The van der Waals surface area contributed by atoms with Crippen LogP contribution in [-0.4, -0.2) is 29.6 Å². The molecule has 0 radical (unpaired) electrons. The molecule has 1 amide bonds. The predicted molar refractivity (Wildman–Crippen MR) is 91.0 cm³/mol. The van der Waals surface area contributed by atoms with Crippen LogP contribution in [0, 0.1) is 6.92 Å². The van der Waals surface area contributed by atoms with Gasteiger partial charge >= 0.3 is 5.69 Å². The van der Waals surface area contributed by atoms with Crippen molar-refractivity contribution in [3.05, 3.63) is 56.8 Å². The minimum absolute atomic E-state index is 0.0736. The molecule has 3 rings (SSSR count). The minimum Gasteiger partial charge on any atom is -0.349 e. The number of carbonyl (C=O) groups excluding carboxylic acids is 1. The highest BCUT2D eigenvalue weighted by molar-refractivity contribution is 5.78. The van der Waals surface area contributed by atoms with Crippen molar-refractivity contribution in [3.63, 3.8) is 0 Å². The lowest BCUT2D eigenvalue weighted by atomic mass is 10.3. The maximum absolute atomic E-state index is 12.3. The van der Waals surface area contributed by atoms with Gasteiger partial charge in [0.25, 0.3) is 5.56 Å². The van der Waals surface area contributed by atoms with Crippen LogP contribution < -0.4 is 16.6 Å². The molecular formula is C16H18N6O3. The molecule has 0 unspecified atom stereocenters. The van der Waals surface area contributed by atoms with Gasteiger partial charge in [0.15, 0.2) is 11.2 Å². The van der Waals surface area contributed by atoms with Crippen molar-refractivity contribution in [2.24, 2.45) is 14.1 Å². The van der Waals surface area contributed by atoms with Crippen molar-refractivity contribution in [3.8, 4) is 0 Å². The first kappa shape index (κ1) is 16.6. The summed E-state index contributed by atoms with van der Waals surface area (Å²) in [7, 11) is 2.93. The Bertz CT molecular complexity index is 1060. The maximum Gasteiger partial charge on any atom is 0.332 e. The van der Waals surface area contributed by atoms with E-state index in [4.69, 9.17) is 0 Å². The van der Waals surface area contributed by atoms with Gasteiger partial charge in [-0.05, 0) is 18.6 Å². The van der Waals surface area contributed by atoms with Crippen LogP contribution in [0.2, 0.25) is 0 Å². The first-order chi connectivity index (χ1) is 11.9. The molecule has 9 nitrogen and oxygen atoms in total. The number of pyridine rings is 1. The molecule has 0 aliphatic rings. The molecule has 0 bridgehead atoms. The van der Waals surface area contributed by atoms with Crippen LogP contribution in [0.15, 0.2) is 34.2 Å². The highest BCUT2D eigenvalue weighted by atomic mass is 16.2. The van der Waals surface area contributed by atoms with Gasteiger partial charge in [0.2, 0.25) is 5.91 Å². The number of hydrogen-bond donors (Lipinski definition) is 1. The van der Waals surface area contributed by atoms with E-state index in [2.05, 4.69) is 15.3 Å². The molecule has 0 spiro atoms. The lowest BCUT2D eigenvalue weighted by Crippen LogP contribution is -2.38. The topological polar surface area (TPSA) is 104 Å². The molecule has 0 fully saturated rings.